The fourth-order valence-corrected chi connectivity index (χ4v) is 3.40. The Hall–Kier alpha value is -3.23. The number of nitrogens with one attached hydrogen (secondary N) is 1. The molecule has 0 atom stereocenters. The van der Waals surface area contributed by atoms with Crippen LogP contribution in [0, 0.1) is 0 Å². The van der Waals surface area contributed by atoms with Gasteiger partial charge < -0.3 is 25.4 Å². The van der Waals surface area contributed by atoms with Crippen LogP contribution in [0.4, 0.5) is 4.79 Å². The summed E-state index contributed by atoms with van der Waals surface area (Å²) < 4.78 is 12.2. The number of carbonyl (C=O) groups is 2. The second-order valence-electron chi connectivity index (χ2n) is 6.64. The van der Waals surface area contributed by atoms with Crippen molar-refractivity contribution in [2.75, 3.05) is 27.3 Å². The Morgan fingerprint density at radius 3 is 2.50 bits per heavy atom. The number of hydrogen-bond donors (Lipinski definition) is 2. The molecule has 9 heteroatoms. The van der Waals surface area contributed by atoms with E-state index in [9.17, 15) is 9.59 Å². The molecule has 3 amide bonds. The minimum Gasteiger partial charge on any atom is -0.497 e. The molecule has 0 fully saturated rings. The van der Waals surface area contributed by atoms with E-state index in [1.54, 1.807) is 36.9 Å². The molecule has 150 valence electrons. The molecule has 0 saturated carbocycles. The van der Waals surface area contributed by atoms with E-state index in [0.29, 0.717) is 44.0 Å². The van der Waals surface area contributed by atoms with Crippen molar-refractivity contribution >= 4 is 11.9 Å². The van der Waals surface area contributed by atoms with Gasteiger partial charge in [0.2, 0.25) is 0 Å². The third-order valence-electron chi connectivity index (χ3n) is 4.86. The van der Waals surface area contributed by atoms with Crippen molar-refractivity contribution in [3.8, 4) is 11.5 Å². The zero-order valence-corrected chi connectivity index (χ0v) is 16.3. The van der Waals surface area contributed by atoms with E-state index in [-0.39, 0.29) is 11.7 Å². The predicted octanol–water partition coefficient (Wildman–Crippen LogP) is 0.847. The number of fused-ring (bicyclic) bond motifs is 1. The van der Waals surface area contributed by atoms with E-state index in [2.05, 4.69) is 10.4 Å². The maximum Gasteiger partial charge on any atom is 0.317 e. The summed E-state index contributed by atoms with van der Waals surface area (Å²) in [5.41, 5.74) is 8.32. The van der Waals surface area contributed by atoms with Gasteiger partial charge in [0.25, 0.3) is 5.91 Å². The number of primary amides is 1. The molecular weight excluding hydrogens is 362 g/mol. The fourth-order valence-electron chi connectivity index (χ4n) is 3.40. The lowest BCUT2D eigenvalue weighted by molar-refractivity contribution is 0.0992. The van der Waals surface area contributed by atoms with Crippen LogP contribution in [0.25, 0.3) is 0 Å². The highest BCUT2D eigenvalue weighted by Crippen LogP contribution is 2.23. The average molecular weight is 387 g/mol. The van der Waals surface area contributed by atoms with Crippen molar-refractivity contribution in [1.82, 2.24) is 20.0 Å². The molecule has 2 aromatic rings. The number of hydrogen-bond acceptors (Lipinski definition) is 5. The first-order valence-electron chi connectivity index (χ1n) is 9.02. The van der Waals surface area contributed by atoms with E-state index in [1.165, 1.54) is 0 Å². The number of rotatable bonds is 6. The topological polar surface area (TPSA) is 112 Å². The van der Waals surface area contributed by atoms with Crippen LogP contribution in [0.1, 0.15) is 27.3 Å². The summed E-state index contributed by atoms with van der Waals surface area (Å²) in [6.45, 7) is 1.35. The van der Waals surface area contributed by atoms with Gasteiger partial charge >= 0.3 is 6.03 Å². The highest BCUT2D eigenvalue weighted by Gasteiger charge is 2.28. The van der Waals surface area contributed by atoms with Gasteiger partial charge in [-0.1, -0.05) is 0 Å². The van der Waals surface area contributed by atoms with Crippen molar-refractivity contribution < 1.29 is 19.1 Å². The number of urea groups is 1. The molecule has 9 nitrogen and oxygen atoms in total. The summed E-state index contributed by atoms with van der Waals surface area (Å²) in [6.07, 6.45) is 1.27. The fraction of sp³-hybridized carbons (Fsp3) is 0.421. The molecule has 0 aliphatic carbocycles. The molecule has 3 rings (SSSR count). The number of aromatic nitrogens is 2. The molecular formula is C19H25N5O4. The van der Waals surface area contributed by atoms with Gasteiger partial charge in [-0.3, -0.25) is 9.48 Å². The second kappa shape index (κ2) is 8.20. The number of ether oxygens (including phenoxy) is 2. The minimum atomic E-state index is -0.578. The van der Waals surface area contributed by atoms with Gasteiger partial charge in [0.05, 0.1) is 20.8 Å². The lowest BCUT2D eigenvalue weighted by Crippen LogP contribution is -2.43. The Morgan fingerprint density at radius 1 is 1.21 bits per heavy atom. The van der Waals surface area contributed by atoms with Crippen LogP contribution >= 0.6 is 0 Å². The summed E-state index contributed by atoms with van der Waals surface area (Å²) >= 11 is 0. The normalized spacial score (nSPS) is 13.0. The van der Waals surface area contributed by atoms with Crippen LogP contribution in [0.3, 0.4) is 0 Å². The monoisotopic (exact) mass is 387 g/mol. The molecule has 1 aromatic carbocycles. The molecule has 0 bridgehead atoms. The Labute approximate surface area is 163 Å². The molecule has 3 N–H and O–H groups in total. The minimum absolute atomic E-state index is 0.181. The molecule has 2 heterocycles. The number of carbonyl (C=O) groups excluding carboxylic acids is 2. The first-order chi connectivity index (χ1) is 13.4. The summed E-state index contributed by atoms with van der Waals surface area (Å²) in [4.78, 5) is 25.8. The standard InChI is InChI=1S/C19H25N5O4/c1-23-16-5-7-24(11-15(16)17(22-23)18(20)25)19(26)21-6-4-12-8-13(27-2)10-14(9-12)28-3/h8-10H,4-7,11H2,1-3H3,(H2,20,25)(H,21,26). The molecule has 0 radical (unpaired) electrons. The van der Waals surface area contributed by atoms with E-state index >= 15 is 0 Å². The number of aryl methyl sites for hydroxylation is 1. The molecule has 1 aliphatic rings. The van der Waals surface area contributed by atoms with Crippen LogP contribution in [-0.2, 0) is 26.4 Å². The van der Waals surface area contributed by atoms with Gasteiger partial charge in [-0.15, -0.1) is 0 Å². The van der Waals surface area contributed by atoms with E-state index in [1.807, 2.05) is 12.1 Å². The van der Waals surface area contributed by atoms with Gasteiger partial charge in [0.1, 0.15) is 11.5 Å². The van der Waals surface area contributed by atoms with E-state index < -0.39 is 5.91 Å². The van der Waals surface area contributed by atoms with E-state index in [0.717, 1.165) is 16.8 Å². The summed E-state index contributed by atoms with van der Waals surface area (Å²) in [7, 11) is 4.98. The smallest absolute Gasteiger partial charge is 0.317 e. The number of nitrogens with zero attached hydrogens (tertiary/aromatic N) is 3. The number of amides is 3. The predicted molar refractivity (Wildman–Crippen MR) is 102 cm³/mol. The van der Waals surface area contributed by atoms with Crippen LogP contribution in [0.5, 0.6) is 11.5 Å². The Balaban J connectivity index is 1.60. The Morgan fingerprint density at radius 2 is 1.89 bits per heavy atom. The summed E-state index contributed by atoms with van der Waals surface area (Å²) in [6, 6.07) is 5.45. The Kier molecular flexibility index (Phi) is 5.72. The van der Waals surface area contributed by atoms with Crippen LogP contribution < -0.4 is 20.5 Å². The van der Waals surface area contributed by atoms with Gasteiger partial charge in [0.15, 0.2) is 5.69 Å². The van der Waals surface area contributed by atoms with Gasteiger partial charge in [-0.2, -0.15) is 5.10 Å². The van der Waals surface area contributed by atoms with Crippen molar-refractivity contribution in [1.29, 1.82) is 0 Å². The van der Waals surface area contributed by atoms with Crippen molar-refractivity contribution in [2.24, 2.45) is 12.8 Å². The Bertz CT molecular complexity index is 870. The first-order valence-corrected chi connectivity index (χ1v) is 9.02. The molecule has 0 saturated heterocycles. The lowest BCUT2D eigenvalue weighted by atomic mass is 10.1. The van der Waals surface area contributed by atoms with Crippen molar-refractivity contribution in [3.05, 3.63) is 40.7 Å². The molecule has 0 spiro atoms. The third kappa shape index (κ3) is 4.03. The van der Waals surface area contributed by atoms with Gasteiger partial charge in [-0.25, -0.2) is 4.79 Å². The SMILES string of the molecule is COc1cc(CCNC(=O)N2CCc3c(c(C(N)=O)nn3C)C2)cc(OC)c1. The molecule has 0 unspecified atom stereocenters. The third-order valence-corrected chi connectivity index (χ3v) is 4.86. The highest BCUT2D eigenvalue weighted by atomic mass is 16.5. The van der Waals surface area contributed by atoms with Crippen LogP contribution in [0.15, 0.2) is 18.2 Å². The maximum absolute atomic E-state index is 12.6. The average Bonchev–Trinajstić information content (AvgIpc) is 3.04. The number of nitrogens with two attached hydrogens (primary N) is 1. The van der Waals surface area contributed by atoms with Gasteiger partial charge in [0, 0.05) is 43.9 Å². The quantitative estimate of drug-likeness (QED) is 0.763. The highest BCUT2D eigenvalue weighted by molar-refractivity contribution is 5.92. The summed E-state index contributed by atoms with van der Waals surface area (Å²) in [5.74, 6) is 0.839. The zero-order chi connectivity index (χ0) is 20.3. The molecule has 1 aliphatic heterocycles. The van der Waals surface area contributed by atoms with Crippen molar-refractivity contribution in [3.63, 3.8) is 0 Å². The largest absolute Gasteiger partial charge is 0.497 e. The van der Waals surface area contributed by atoms with Crippen LogP contribution in [-0.4, -0.2) is 53.9 Å². The second-order valence-corrected chi connectivity index (χ2v) is 6.64. The number of benzene rings is 1. The van der Waals surface area contributed by atoms with Crippen molar-refractivity contribution in [2.45, 2.75) is 19.4 Å². The summed E-state index contributed by atoms with van der Waals surface area (Å²) in [5, 5.41) is 7.10. The van der Waals surface area contributed by atoms with E-state index in [4.69, 9.17) is 15.2 Å². The lowest BCUT2D eigenvalue weighted by Gasteiger charge is -2.27. The van der Waals surface area contributed by atoms with Crippen LogP contribution in [0.2, 0.25) is 0 Å². The first kappa shape index (κ1) is 19.5. The maximum atomic E-state index is 12.6. The molecule has 1 aromatic heterocycles. The zero-order valence-electron chi connectivity index (χ0n) is 16.3. The molecule has 28 heavy (non-hydrogen) atoms. The number of methoxy groups -OCH3 is 2. The van der Waals surface area contributed by atoms with Gasteiger partial charge in [-0.05, 0) is 24.1 Å².